The molecule has 0 aliphatic rings. The van der Waals surface area contributed by atoms with Gasteiger partial charge in [0.2, 0.25) is 0 Å². The second-order valence-electron chi connectivity index (χ2n) is 4.86. The molecule has 0 fully saturated rings. The van der Waals surface area contributed by atoms with Crippen molar-refractivity contribution in [2.45, 2.75) is 25.9 Å². The van der Waals surface area contributed by atoms with Gasteiger partial charge in [0.05, 0.1) is 0 Å². The topological polar surface area (TPSA) is 12.0 Å². The third-order valence-corrected chi connectivity index (χ3v) is 3.87. The molecule has 1 unspecified atom stereocenters. The molecule has 2 rings (SSSR count). The van der Waals surface area contributed by atoms with Crippen LogP contribution in [0.4, 0.5) is 0 Å². The minimum atomic E-state index is 0.313. The quantitative estimate of drug-likeness (QED) is 0.778. The van der Waals surface area contributed by atoms with Gasteiger partial charge in [-0.15, -0.1) is 0 Å². The van der Waals surface area contributed by atoms with Crippen molar-refractivity contribution in [2.75, 3.05) is 0 Å². The zero-order valence-electron chi connectivity index (χ0n) is 11.2. The van der Waals surface area contributed by atoms with Gasteiger partial charge in [-0.3, -0.25) is 0 Å². The molecule has 1 atom stereocenters. The summed E-state index contributed by atoms with van der Waals surface area (Å²) in [5.41, 5.74) is 2.23. The third-order valence-electron chi connectivity index (χ3n) is 3.06. The predicted molar refractivity (Wildman–Crippen MR) is 87.9 cm³/mol. The van der Waals surface area contributed by atoms with Crippen LogP contribution in [0.2, 0.25) is 15.1 Å². The molecule has 0 saturated heterocycles. The van der Waals surface area contributed by atoms with Crippen LogP contribution in [0, 0.1) is 0 Å². The van der Waals surface area contributed by atoms with Crippen LogP contribution < -0.4 is 5.32 Å². The summed E-state index contributed by atoms with van der Waals surface area (Å²) >= 11 is 18.1. The first-order valence-corrected chi connectivity index (χ1v) is 7.60. The van der Waals surface area contributed by atoms with Crippen LogP contribution in [0.25, 0.3) is 0 Å². The Hall–Kier alpha value is -0.730. The fourth-order valence-electron chi connectivity index (χ4n) is 2.07. The second kappa shape index (κ2) is 7.33. The Kier molecular flexibility index (Phi) is 5.74. The largest absolute Gasteiger partial charge is 0.310 e. The van der Waals surface area contributed by atoms with Gasteiger partial charge < -0.3 is 5.32 Å². The molecule has 0 aliphatic carbocycles. The van der Waals surface area contributed by atoms with Crippen molar-refractivity contribution in [1.82, 2.24) is 5.32 Å². The first-order valence-electron chi connectivity index (χ1n) is 6.46. The minimum Gasteiger partial charge on any atom is -0.310 e. The monoisotopic (exact) mass is 327 g/mol. The number of hydrogen-bond donors (Lipinski definition) is 1. The first-order chi connectivity index (χ1) is 9.54. The van der Waals surface area contributed by atoms with Crippen molar-refractivity contribution in [3.8, 4) is 0 Å². The summed E-state index contributed by atoms with van der Waals surface area (Å²) in [6.45, 7) is 2.86. The van der Waals surface area contributed by atoms with Gasteiger partial charge in [0.15, 0.2) is 0 Å². The molecule has 0 radical (unpaired) electrons. The second-order valence-corrected chi connectivity index (χ2v) is 6.14. The van der Waals surface area contributed by atoms with Crippen molar-refractivity contribution in [2.24, 2.45) is 0 Å². The van der Waals surface area contributed by atoms with Gasteiger partial charge in [0.25, 0.3) is 0 Å². The van der Waals surface area contributed by atoms with Gasteiger partial charge >= 0.3 is 0 Å². The van der Waals surface area contributed by atoms with E-state index in [0.29, 0.717) is 16.1 Å². The molecule has 106 valence electrons. The first kappa shape index (κ1) is 15.7. The maximum atomic E-state index is 6.16. The molecule has 2 aromatic carbocycles. The van der Waals surface area contributed by atoms with E-state index in [1.807, 2.05) is 30.3 Å². The van der Waals surface area contributed by atoms with Crippen LogP contribution in [0.3, 0.4) is 0 Å². The minimum absolute atomic E-state index is 0.313. The van der Waals surface area contributed by atoms with Crippen molar-refractivity contribution in [3.63, 3.8) is 0 Å². The molecule has 20 heavy (non-hydrogen) atoms. The van der Waals surface area contributed by atoms with Crippen molar-refractivity contribution in [3.05, 3.63) is 68.7 Å². The van der Waals surface area contributed by atoms with E-state index in [0.717, 1.165) is 29.1 Å². The van der Waals surface area contributed by atoms with Crippen LogP contribution in [-0.4, -0.2) is 6.04 Å². The van der Waals surface area contributed by atoms with Gasteiger partial charge in [-0.25, -0.2) is 0 Å². The number of halogens is 3. The zero-order valence-corrected chi connectivity index (χ0v) is 13.4. The summed E-state index contributed by atoms with van der Waals surface area (Å²) in [5.74, 6) is 0. The summed E-state index contributed by atoms with van der Waals surface area (Å²) in [5, 5.41) is 5.59. The molecular weight excluding hydrogens is 313 g/mol. The lowest BCUT2D eigenvalue weighted by Gasteiger charge is -2.15. The standard InChI is InChI=1S/C16H16Cl3N/c1-11(6-13-4-2-3-5-16(13)19)20-10-12-7-14(17)9-15(18)8-12/h2-5,7-9,11,20H,6,10H2,1H3. The molecule has 0 bridgehead atoms. The highest BCUT2D eigenvalue weighted by Crippen LogP contribution is 2.20. The molecule has 0 aromatic heterocycles. The molecule has 0 saturated carbocycles. The lowest BCUT2D eigenvalue weighted by atomic mass is 10.1. The lowest BCUT2D eigenvalue weighted by molar-refractivity contribution is 0.545. The Morgan fingerprint density at radius 3 is 2.30 bits per heavy atom. The number of benzene rings is 2. The Bertz CT molecular complexity index is 563. The molecule has 0 amide bonds. The van der Waals surface area contributed by atoms with E-state index in [1.54, 1.807) is 6.07 Å². The van der Waals surface area contributed by atoms with Gasteiger partial charge in [-0.2, -0.15) is 0 Å². The maximum Gasteiger partial charge on any atom is 0.0438 e. The molecule has 1 nitrogen and oxygen atoms in total. The van der Waals surface area contributed by atoms with E-state index in [-0.39, 0.29) is 0 Å². The van der Waals surface area contributed by atoms with Crippen molar-refractivity contribution in [1.29, 1.82) is 0 Å². The summed E-state index contributed by atoms with van der Waals surface area (Å²) in [7, 11) is 0. The van der Waals surface area contributed by atoms with Crippen LogP contribution in [0.15, 0.2) is 42.5 Å². The van der Waals surface area contributed by atoms with E-state index in [2.05, 4.69) is 18.3 Å². The van der Waals surface area contributed by atoms with Gasteiger partial charge in [0.1, 0.15) is 0 Å². The molecule has 1 N–H and O–H groups in total. The highest BCUT2D eigenvalue weighted by molar-refractivity contribution is 6.34. The van der Waals surface area contributed by atoms with Crippen LogP contribution >= 0.6 is 34.8 Å². The highest BCUT2D eigenvalue weighted by Gasteiger charge is 2.06. The van der Waals surface area contributed by atoms with Crippen LogP contribution in [0.5, 0.6) is 0 Å². The summed E-state index contributed by atoms with van der Waals surface area (Å²) in [4.78, 5) is 0. The molecule has 0 spiro atoms. The van der Waals surface area contributed by atoms with E-state index < -0.39 is 0 Å². The third kappa shape index (κ3) is 4.68. The van der Waals surface area contributed by atoms with Gasteiger partial charge in [0, 0.05) is 27.7 Å². The van der Waals surface area contributed by atoms with Crippen LogP contribution in [0.1, 0.15) is 18.1 Å². The summed E-state index contributed by atoms with van der Waals surface area (Å²) < 4.78 is 0. The van der Waals surface area contributed by atoms with Crippen molar-refractivity contribution < 1.29 is 0 Å². The van der Waals surface area contributed by atoms with E-state index in [4.69, 9.17) is 34.8 Å². The molecule has 0 heterocycles. The number of nitrogens with one attached hydrogen (secondary N) is 1. The van der Waals surface area contributed by atoms with E-state index in [1.165, 1.54) is 0 Å². The lowest BCUT2D eigenvalue weighted by Crippen LogP contribution is -2.27. The average Bonchev–Trinajstić information content (AvgIpc) is 2.38. The van der Waals surface area contributed by atoms with E-state index in [9.17, 15) is 0 Å². The summed E-state index contributed by atoms with van der Waals surface area (Å²) in [6.07, 6.45) is 0.883. The molecular formula is C16H16Cl3N. The van der Waals surface area contributed by atoms with E-state index >= 15 is 0 Å². The average molecular weight is 329 g/mol. The Morgan fingerprint density at radius 2 is 1.65 bits per heavy atom. The van der Waals surface area contributed by atoms with Gasteiger partial charge in [-0.1, -0.05) is 53.0 Å². The van der Waals surface area contributed by atoms with Crippen LogP contribution in [-0.2, 0) is 13.0 Å². The van der Waals surface area contributed by atoms with Gasteiger partial charge in [-0.05, 0) is 48.7 Å². The predicted octanol–water partition coefficient (Wildman–Crippen LogP) is 5.37. The summed E-state index contributed by atoms with van der Waals surface area (Å²) in [6, 6.07) is 13.8. The fraction of sp³-hybridized carbons (Fsp3) is 0.250. The number of rotatable bonds is 5. The Balaban J connectivity index is 1.92. The number of hydrogen-bond acceptors (Lipinski definition) is 1. The molecule has 0 aliphatic heterocycles. The highest BCUT2D eigenvalue weighted by atomic mass is 35.5. The smallest absolute Gasteiger partial charge is 0.0438 e. The normalized spacial score (nSPS) is 12.4. The maximum absolute atomic E-state index is 6.16. The van der Waals surface area contributed by atoms with Crippen molar-refractivity contribution >= 4 is 34.8 Å². The SMILES string of the molecule is CC(Cc1ccccc1Cl)NCc1cc(Cl)cc(Cl)c1. The molecule has 4 heteroatoms. The fourth-order valence-corrected chi connectivity index (χ4v) is 2.86. The zero-order chi connectivity index (χ0) is 14.5. The Labute approximate surface area is 134 Å². The Morgan fingerprint density at radius 1 is 1.00 bits per heavy atom. The molecule has 2 aromatic rings.